The van der Waals surface area contributed by atoms with Gasteiger partial charge in [0.2, 0.25) is 5.91 Å². The maximum absolute atomic E-state index is 12.3. The Morgan fingerprint density at radius 2 is 1.72 bits per heavy atom. The summed E-state index contributed by atoms with van der Waals surface area (Å²) in [5, 5.41) is 12.5. The van der Waals surface area contributed by atoms with Crippen molar-refractivity contribution < 1.29 is 4.79 Å². The SMILES string of the molecule is N#CC1(C(=O)NCC2CCCC2)CCCCCC1. The molecule has 2 fully saturated rings. The first kappa shape index (κ1) is 13.4. The van der Waals surface area contributed by atoms with Gasteiger partial charge in [-0.1, -0.05) is 38.5 Å². The monoisotopic (exact) mass is 248 g/mol. The Balaban J connectivity index is 1.89. The highest BCUT2D eigenvalue weighted by Gasteiger charge is 2.38. The summed E-state index contributed by atoms with van der Waals surface area (Å²) < 4.78 is 0. The molecule has 0 aromatic heterocycles. The molecule has 3 heteroatoms. The van der Waals surface area contributed by atoms with Gasteiger partial charge in [0, 0.05) is 6.54 Å². The molecule has 0 radical (unpaired) electrons. The third-order valence-electron chi connectivity index (χ3n) is 4.63. The van der Waals surface area contributed by atoms with E-state index in [1.807, 2.05) is 0 Å². The van der Waals surface area contributed by atoms with Crippen LogP contribution >= 0.6 is 0 Å². The molecule has 0 aromatic rings. The molecular weight excluding hydrogens is 224 g/mol. The predicted molar refractivity (Wildman–Crippen MR) is 70.7 cm³/mol. The Bertz CT molecular complexity index is 318. The lowest BCUT2D eigenvalue weighted by atomic mass is 9.81. The maximum atomic E-state index is 12.3. The number of hydrogen-bond acceptors (Lipinski definition) is 2. The highest BCUT2D eigenvalue weighted by molar-refractivity contribution is 5.85. The van der Waals surface area contributed by atoms with Crippen LogP contribution in [0.5, 0.6) is 0 Å². The molecule has 2 aliphatic rings. The van der Waals surface area contributed by atoms with Gasteiger partial charge in [-0.25, -0.2) is 0 Å². The number of nitriles is 1. The van der Waals surface area contributed by atoms with E-state index in [0.717, 1.165) is 32.2 Å². The maximum Gasteiger partial charge on any atom is 0.240 e. The van der Waals surface area contributed by atoms with Gasteiger partial charge >= 0.3 is 0 Å². The van der Waals surface area contributed by atoms with Crippen LogP contribution in [-0.2, 0) is 4.79 Å². The molecule has 1 N–H and O–H groups in total. The summed E-state index contributed by atoms with van der Waals surface area (Å²) in [6.07, 6.45) is 10.9. The summed E-state index contributed by atoms with van der Waals surface area (Å²) in [5.74, 6) is 0.647. The van der Waals surface area contributed by atoms with Gasteiger partial charge in [-0.05, 0) is 31.6 Å². The number of carbonyl (C=O) groups excluding carboxylic acids is 1. The van der Waals surface area contributed by atoms with Crippen LogP contribution in [0.15, 0.2) is 0 Å². The first-order valence-corrected chi connectivity index (χ1v) is 7.46. The van der Waals surface area contributed by atoms with E-state index >= 15 is 0 Å². The summed E-state index contributed by atoms with van der Waals surface area (Å²) in [7, 11) is 0. The lowest BCUT2D eigenvalue weighted by molar-refractivity contribution is -0.129. The van der Waals surface area contributed by atoms with Crippen molar-refractivity contribution in [2.45, 2.75) is 64.2 Å². The fraction of sp³-hybridized carbons (Fsp3) is 0.867. The van der Waals surface area contributed by atoms with Crippen molar-refractivity contribution >= 4 is 5.91 Å². The summed E-state index contributed by atoms with van der Waals surface area (Å²) in [6, 6.07) is 2.32. The highest BCUT2D eigenvalue weighted by atomic mass is 16.2. The Labute approximate surface area is 110 Å². The van der Waals surface area contributed by atoms with Gasteiger partial charge in [-0.15, -0.1) is 0 Å². The number of nitrogens with one attached hydrogen (secondary N) is 1. The molecule has 0 saturated heterocycles. The lowest BCUT2D eigenvalue weighted by Crippen LogP contribution is -2.41. The number of carbonyl (C=O) groups is 1. The molecule has 0 bridgehead atoms. The van der Waals surface area contributed by atoms with Gasteiger partial charge in [0.25, 0.3) is 0 Å². The van der Waals surface area contributed by atoms with Crippen LogP contribution in [0.4, 0.5) is 0 Å². The van der Waals surface area contributed by atoms with Crippen molar-refractivity contribution in [3.63, 3.8) is 0 Å². The van der Waals surface area contributed by atoms with Crippen LogP contribution in [0.2, 0.25) is 0 Å². The summed E-state index contributed by atoms with van der Waals surface area (Å²) in [5.41, 5.74) is -0.727. The van der Waals surface area contributed by atoms with Crippen molar-refractivity contribution in [1.29, 1.82) is 5.26 Å². The molecule has 100 valence electrons. The molecule has 1 amide bonds. The molecule has 0 aromatic carbocycles. The molecule has 0 spiro atoms. The summed E-state index contributed by atoms with van der Waals surface area (Å²) in [6.45, 7) is 0.780. The van der Waals surface area contributed by atoms with Crippen LogP contribution in [-0.4, -0.2) is 12.5 Å². The van der Waals surface area contributed by atoms with E-state index in [2.05, 4.69) is 11.4 Å². The second-order valence-corrected chi connectivity index (χ2v) is 5.97. The van der Waals surface area contributed by atoms with Crippen LogP contribution < -0.4 is 5.32 Å². The zero-order chi connectivity index (χ0) is 12.8. The molecular formula is C15H24N2O. The van der Waals surface area contributed by atoms with Gasteiger partial charge < -0.3 is 5.32 Å². The van der Waals surface area contributed by atoms with Gasteiger partial charge in [-0.2, -0.15) is 5.26 Å². The van der Waals surface area contributed by atoms with Gasteiger partial charge in [0.15, 0.2) is 0 Å². The molecule has 3 nitrogen and oxygen atoms in total. The van der Waals surface area contributed by atoms with Crippen LogP contribution in [0.25, 0.3) is 0 Å². The average molecular weight is 248 g/mol. The summed E-state index contributed by atoms with van der Waals surface area (Å²) in [4.78, 5) is 12.3. The molecule has 2 saturated carbocycles. The Morgan fingerprint density at radius 1 is 1.11 bits per heavy atom. The van der Waals surface area contributed by atoms with E-state index in [1.54, 1.807) is 0 Å². The fourth-order valence-corrected chi connectivity index (χ4v) is 3.34. The normalized spacial score (nSPS) is 24.2. The largest absolute Gasteiger partial charge is 0.354 e. The number of amides is 1. The average Bonchev–Trinajstić information content (AvgIpc) is 2.79. The fourth-order valence-electron chi connectivity index (χ4n) is 3.34. The third-order valence-corrected chi connectivity index (χ3v) is 4.63. The Hall–Kier alpha value is -1.04. The Morgan fingerprint density at radius 3 is 2.28 bits per heavy atom. The minimum Gasteiger partial charge on any atom is -0.354 e. The second kappa shape index (κ2) is 6.22. The zero-order valence-corrected chi connectivity index (χ0v) is 11.2. The van der Waals surface area contributed by atoms with Gasteiger partial charge in [-0.3, -0.25) is 4.79 Å². The smallest absolute Gasteiger partial charge is 0.240 e. The number of rotatable bonds is 3. The molecule has 18 heavy (non-hydrogen) atoms. The second-order valence-electron chi connectivity index (χ2n) is 5.97. The lowest BCUT2D eigenvalue weighted by Gasteiger charge is -2.24. The quantitative estimate of drug-likeness (QED) is 0.780. The number of hydrogen-bond donors (Lipinski definition) is 1. The van der Waals surface area contributed by atoms with Gasteiger partial charge in [0.05, 0.1) is 6.07 Å². The molecule has 2 aliphatic carbocycles. The van der Waals surface area contributed by atoms with Crippen molar-refractivity contribution in [3.05, 3.63) is 0 Å². The molecule has 0 atom stereocenters. The minimum absolute atomic E-state index is 0.00111. The molecule has 0 heterocycles. The predicted octanol–water partition coefficient (Wildman–Crippen LogP) is 3.16. The van der Waals surface area contributed by atoms with E-state index in [4.69, 9.17) is 0 Å². The van der Waals surface area contributed by atoms with Crippen LogP contribution in [0.1, 0.15) is 64.2 Å². The Kier molecular flexibility index (Phi) is 4.63. The van der Waals surface area contributed by atoms with Crippen molar-refractivity contribution in [2.75, 3.05) is 6.54 Å². The highest BCUT2D eigenvalue weighted by Crippen LogP contribution is 2.35. The van der Waals surface area contributed by atoms with Gasteiger partial charge in [0.1, 0.15) is 5.41 Å². The van der Waals surface area contributed by atoms with E-state index in [9.17, 15) is 10.1 Å². The van der Waals surface area contributed by atoms with Crippen molar-refractivity contribution in [3.8, 4) is 6.07 Å². The van der Waals surface area contributed by atoms with Crippen molar-refractivity contribution in [2.24, 2.45) is 11.3 Å². The van der Waals surface area contributed by atoms with E-state index in [0.29, 0.717) is 5.92 Å². The molecule has 0 unspecified atom stereocenters. The summed E-state index contributed by atoms with van der Waals surface area (Å²) >= 11 is 0. The topological polar surface area (TPSA) is 52.9 Å². The first-order chi connectivity index (χ1) is 8.77. The van der Waals surface area contributed by atoms with E-state index in [-0.39, 0.29) is 5.91 Å². The van der Waals surface area contributed by atoms with Crippen LogP contribution in [0.3, 0.4) is 0 Å². The molecule has 2 rings (SSSR count). The van der Waals surface area contributed by atoms with Crippen LogP contribution in [0, 0.1) is 22.7 Å². The first-order valence-electron chi connectivity index (χ1n) is 7.46. The zero-order valence-electron chi connectivity index (χ0n) is 11.2. The third kappa shape index (κ3) is 3.04. The van der Waals surface area contributed by atoms with E-state index < -0.39 is 5.41 Å². The number of nitrogens with zero attached hydrogens (tertiary/aromatic N) is 1. The molecule has 0 aliphatic heterocycles. The standard InChI is InChI=1S/C15H24N2O/c16-12-15(9-5-1-2-6-10-15)14(18)17-11-13-7-3-4-8-13/h13H,1-11H2,(H,17,18). The van der Waals surface area contributed by atoms with E-state index in [1.165, 1.54) is 38.5 Å². The van der Waals surface area contributed by atoms with Crippen molar-refractivity contribution in [1.82, 2.24) is 5.32 Å². The minimum atomic E-state index is -0.727.